The fourth-order valence-corrected chi connectivity index (χ4v) is 6.90. The second kappa shape index (κ2) is 17.4. The third-order valence-corrected chi connectivity index (χ3v) is 10.1. The normalized spacial score (nSPS) is 30.9. The number of allylic oxidation sites excluding steroid dienone is 3. The van der Waals surface area contributed by atoms with Crippen LogP contribution in [0.15, 0.2) is 54.3 Å². The van der Waals surface area contributed by atoms with Gasteiger partial charge in [-0.15, -0.1) is 0 Å². The number of carbonyl (C=O) groups is 2. The Morgan fingerprint density at radius 3 is 2.51 bits per heavy atom. The van der Waals surface area contributed by atoms with Gasteiger partial charge in [0.05, 0.1) is 12.5 Å². The van der Waals surface area contributed by atoms with E-state index < -0.39 is 36.0 Å². The Morgan fingerprint density at radius 1 is 1.13 bits per heavy atom. The molecule has 9 heteroatoms. The van der Waals surface area contributed by atoms with Crippen LogP contribution in [0.3, 0.4) is 0 Å². The Bertz CT molecular complexity index is 1260. The van der Waals surface area contributed by atoms with Gasteiger partial charge in [0.2, 0.25) is 0 Å². The monoisotopic (exact) mass is 651 g/mol. The van der Waals surface area contributed by atoms with Crippen molar-refractivity contribution in [3.63, 3.8) is 0 Å². The lowest BCUT2D eigenvalue weighted by molar-refractivity contribution is -0.151. The summed E-state index contributed by atoms with van der Waals surface area (Å²) in [6.45, 7) is 12.4. The number of hydrogen-bond acceptors (Lipinski definition) is 8. The van der Waals surface area contributed by atoms with Gasteiger partial charge in [0.1, 0.15) is 11.7 Å². The van der Waals surface area contributed by atoms with Crippen molar-refractivity contribution < 1.29 is 29.3 Å². The van der Waals surface area contributed by atoms with E-state index in [-0.39, 0.29) is 31.1 Å². The number of hydrogen-bond donors (Lipinski definition) is 2. The van der Waals surface area contributed by atoms with E-state index in [1.807, 2.05) is 51.3 Å². The number of rotatable bonds is 6. The summed E-state index contributed by atoms with van der Waals surface area (Å²) in [4.78, 5) is 35.0. The molecule has 1 saturated heterocycles. The molecule has 6 atom stereocenters. The van der Waals surface area contributed by atoms with Crippen LogP contribution in [0.25, 0.3) is 0 Å². The molecule has 1 aromatic heterocycles. The molecule has 3 heterocycles. The van der Waals surface area contributed by atoms with Gasteiger partial charge < -0.3 is 24.6 Å². The fraction of sp³-hybridized carbons (Fsp3) is 0.658. The highest BCUT2D eigenvalue weighted by molar-refractivity contribution is 5.70. The van der Waals surface area contributed by atoms with Gasteiger partial charge >= 0.3 is 12.1 Å². The molecule has 4 rings (SSSR count). The smallest absolute Gasteiger partial charge is 0.410 e. The molecule has 2 aliphatic heterocycles. The molecule has 1 unspecified atom stereocenters. The first kappa shape index (κ1) is 36.8. The average Bonchev–Trinajstić information content (AvgIpc) is 3.34. The minimum absolute atomic E-state index is 0.0998. The van der Waals surface area contributed by atoms with E-state index in [0.717, 1.165) is 29.9 Å². The molecule has 1 amide bonds. The highest BCUT2D eigenvalue weighted by atomic mass is 16.6. The molecule has 0 spiro atoms. The minimum atomic E-state index is -1.44. The van der Waals surface area contributed by atoms with E-state index in [1.54, 1.807) is 17.9 Å². The number of piperazine rings is 1. The molecule has 260 valence electrons. The average molecular weight is 652 g/mol. The van der Waals surface area contributed by atoms with Crippen molar-refractivity contribution in [2.75, 3.05) is 26.2 Å². The second-order valence-electron chi connectivity index (χ2n) is 14.2. The summed E-state index contributed by atoms with van der Waals surface area (Å²) in [6, 6.07) is 4.63. The van der Waals surface area contributed by atoms with Crippen LogP contribution in [-0.2, 0) is 14.3 Å². The summed E-state index contributed by atoms with van der Waals surface area (Å²) < 4.78 is 11.9. The van der Waals surface area contributed by atoms with Crippen molar-refractivity contribution in [3.8, 4) is 0 Å². The predicted molar refractivity (Wildman–Crippen MR) is 184 cm³/mol. The van der Waals surface area contributed by atoms with E-state index in [4.69, 9.17) is 9.47 Å². The lowest BCUT2D eigenvalue weighted by Crippen LogP contribution is -2.53. The standard InChI is InChI=1S/C38H57N3O6/c1-27-18-20-39-33(25-27)28(2)11-10-12-29(3)36-30(4)15-16-34(38(5,45)19-17-32(42)26-35(43)47-36)46-37(44)41-23-21-40(22-24-41)31-13-8-6-7-9-14-31/h10-12,15-16,18,20,25,28,30-32,34,36,42,45H,6-9,13-14,17,19,21-24,26H2,1-5H3/b11-10+,16-15-,29-12+/t28?,30-,32-,34-,36+,38-/m0/s1. The van der Waals surface area contributed by atoms with E-state index >= 15 is 0 Å². The minimum Gasteiger partial charge on any atom is -0.457 e. The molecule has 9 nitrogen and oxygen atoms in total. The van der Waals surface area contributed by atoms with Crippen molar-refractivity contribution in [1.29, 1.82) is 0 Å². The summed E-state index contributed by atoms with van der Waals surface area (Å²) in [5.74, 6) is -0.693. The van der Waals surface area contributed by atoms with Gasteiger partial charge in [-0.2, -0.15) is 0 Å². The Labute approximate surface area is 281 Å². The SMILES string of the molecule is C/C(=C\C=C\C(C)c1cc(C)ccn1)[C@H]1OC(=O)C[C@@H](O)CC[C@](C)(O)[C@@H](OC(=O)N2CCN(C3CCCCCC3)CC2)/C=C\[C@@H]1C. The summed E-state index contributed by atoms with van der Waals surface area (Å²) >= 11 is 0. The maximum Gasteiger partial charge on any atom is 0.410 e. The molecule has 1 saturated carbocycles. The van der Waals surface area contributed by atoms with Crippen molar-refractivity contribution in [2.24, 2.45) is 5.92 Å². The zero-order valence-corrected chi connectivity index (χ0v) is 29.1. The lowest BCUT2D eigenvalue weighted by atomic mass is 9.88. The summed E-state index contributed by atoms with van der Waals surface area (Å²) in [6.07, 6.45) is 16.1. The Morgan fingerprint density at radius 2 is 1.83 bits per heavy atom. The van der Waals surface area contributed by atoms with E-state index in [1.165, 1.54) is 38.5 Å². The van der Waals surface area contributed by atoms with Gasteiger partial charge in [0, 0.05) is 55.9 Å². The van der Waals surface area contributed by atoms with Crippen LogP contribution < -0.4 is 0 Å². The van der Waals surface area contributed by atoms with Crippen LogP contribution in [0.4, 0.5) is 4.79 Å². The summed E-state index contributed by atoms with van der Waals surface area (Å²) in [7, 11) is 0. The van der Waals surface area contributed by atoms with Gasteiger partial charge in [-0.25, -0.2) is 4.79 Å². The molecule has 1 aromatic rings. The molecular weight excluding hydrogens is 594 g/mol. The van der Waals surface area contributed by atoms with Gasteiger partial charge in [-0.05, 0) is 75.8 Å². The van der Waals surface area contributed by atoms with E-state index in [9.17, 15) is 19.8 Å². The van der Waals surface area contributed by atoms with Gasteiger partial charge in [0.25, 0.3) is 0 Å². The first-order valence-electron chi connectivity index (χ1n) is 17.7. The van der Waals surface area contributed by atoms with Gasteiger partial charge in [-0.1, -0.05) is 63.8 Å². The number of aryl methyl sites for hydroxylation is 1. The molecule has 0 radical (unpaired) electrons. The number of aliphatic hydroxyl groups is 2. The summed E-state index contributed by atoms with van der Waals surface area (Å²) in [5.41, 5.74) is 1.51. The molecule has 2 fully saturated rings. The van der Waals surface area contributed by atoms with Crippen LogP contribution in [0.2, 0.25) is 0 Å². The second-order valence-corrected chi connectivity index (χ2v) is 14.2. The zero-order chi connectivity index (χ0) is 34.0. The number of aromatic nitrogens is 1. The topological polar surface area (TPSA) is 112 Å². The lowest BCUT2D eigenvalue weighted by Gasteiger charge is -2.40. The molecule has 47 heavy (non-hydrogen) atoms. The number of carbonyl (C=O) groups excluding carboxylic acids is 2. The van der Waals surface area contributed by atoms with Crippen LogP contribution in [0.1, 0.15) is 103 Å². The van der Waals surface area contributed by atoms with Crippen LogP contribution in [-0.4, -0.2) is 93.2 Å². The maximum atomic E-state index is 13.4. The maximum absolute atomic E-state index is 13.4. The summed E-state index contributed by atoms with van der Waals surface area (Å²) in [5, 5.41) is 22.2. The fourth-order valence-electron chi connectivity index (χ4n) is 6.90. The first-order chi connectivity index (χ1) is 22.4. The largest absolute Gasteiger partial charge is 0.457 e. The highest BCUT2D eigenvalue weighted by Crippen LogP contribution is 2.28. The molecule has 1 aliphatic carbocycles. The third-order valence-electron chi connectivity index (χ3n) is 10.1. The number of ether oxygens (including phenoxy) is 2. The quantitative estimate of drug-likeness (QED) is 0.161. The Balaban J connectivity index is 1.46. The number of esters is 1. The number of pyridine rings is 1. The van der Waals surface area contributed by atoms with Crippen LogP contribution >= 0.6 is 0 Å². The highest BCUT2D eigenvalue weighted by Gasteiger charge is 2.37. The van der Waals surface area contributed by atoms with E-state index in [0.29, 0.717) is 19.1 Å². The predicted octanol–water partition coefficient (Wildman–Crippen LogP) is 6.24. The molecule has 2 N–H and O–H groups in total. The number of aliphatic hydroxyl groups excluding tert-OH is 1. The number of amides is 1. The van der Waals surface area contributed by atoms with Gasteiger partial charge in [-0.3, -0.25) is 14.7 Å². The van der Waals surface area contributed by atoms with Crippen molar-refractivity contribution in [2.45, 2.75) is 128 Å². The van der Waals surface area contributed by atoms with Crippen molar-refractivity contribution in [3.05, 3.63) is 65.5 Å². The first-order valence-corrected chi connectivity index (χ1v) is 17.7. The van der Waals surface area contributed by atoms with Crippen LogP contribution in [0, 0.1) is 12.8 Å². The number of cyclic esters (lactones) is 1. The van der Waals surface area contributed by atoms with Crippen LogP contribution in [0.5, 0.6) is 0 Å². The molecule has 3 aliphatic rings. The molecule has 0 aromatic carbocycles. The van der Waals surface area contributed by atoms with Crippen molar-refractivity contribution in [1.82, 2.24) is 14.8 Å². The third kappa shape index (κ3) is 11.0. The zero-order valence-electron chi connectivity index (χ0n) is 29.1. The van der Waals surface area contributed by atoms with Gasteiger partial charge in [0.15, 0.2) is 6.10 Å². The molecule has 0 bridgehead atoms. The van der Waals surface area contributed by atoms with E-state index in [2.05, 4.69) is 29.0 Å². The Kier molecular flexibility index (Phi) is 13.6. The number of nitrogens with zero attached hydrogens (tertiary/aromatic N) is 3. The van der Waals surface area contributed by atoms with Crippen molar-refractivity contribution >= 4 is 12.1 Å². The Hall–Kier alpha value is -3.01. The molecular formula is C38H57N3O6.